The first-order valence-electron chi connectivity index (χ1n) is 10.9. The van der Waals surface area contributed by atoms with Gasteiger partial charge in [0.2, 0.25) is 0 Å². The van der Waals surface area contributed by atoms with Crippen molar-refractivity contribution in [1.29, 1.82) is 0 Å². The molecule has 3 aromatic carbocycles. The van der Waals surface area contributed by atoms with Gasteiger partial charge in [0.05, 0.1) is 17.7 Å². The number of carbonyl (C=O) groups is 1. The van der Waals surface area contributed by atoms with Crippen LogP contribution in [0.4, 0.5) is 5.69 Å². The molecule has 1 atom stereocenters. The molecule has 0 aliphatic carbocycles. The summed E-state index contributed by atoms with van der Waals surface area (Å²) in [4.78, 5) is 13.5. The van der Waals surface area contributed by atoms with E-state index in [0.717, 1.165) is 34.4 Å². The molecule has 2 N–H and O–H groups in total. The summed E-state index contributed by atoms with van der Waals surface area (Å²) in [5.74, 6) is 0.555. The smallest absolute Gasteiger partial charge is 0.260 e. The van der Waals surface area contributed by atoms with Crippen molar-refractivity contribution in [2.24, 2.45) is 0 Å². The lowest BCUT2D eigenvalue weighted by atomic mass is 10.1. The quantitative estimate of drug-likeness (QED) is 0.314. The van der Waals surface area contributed by atoms with Crippen molar-refractivity contribution < 1.29 is 9.53 Å². The lowest BCUT2D eigenvalue weighted by molar-refractivity contribution is -0.116. The van der Waals surface area contributed by atoms with Crippen LogP contribution < -0.4 is 15.4 Å². The van der Waals surface area contributed by atoms with Crippen LogP contribution in [0.1, 0.15) is 16.8 Å². The molecule has 1 amide bonds. The number of para-hydroxylation sites is 1. The molecule has 0 spiro atoms. The molecular formula is C27H24ClN3O2S. The maximum atomic E-state index is 12.8. The number of hydrogen-bond acceptors (Lipinski definition) is 4. The second kappa shape index (κ2) is 9.49. The molecule has 1 aliphatic heterocycles. The van der Waals surface area contributed by atoms with Crippen LogP contribution in [0.2, 0.25) is 5.02 Å². The van der Waals surface area contributed by atoms with E-state index in [4.69, 9.17) is 16.3 Å². The second-order valence-corrected chi connectivity index (χ2v) is 9.64. The lowest BCUT2D eigenvalue weighted by Gasteiger charge is -2.15. The minimum absolute atomic E-state index is 0.109. The van der Waals surface area contributed by atoms with Crippen LogP contribution in [0.3, 0.4) is 0 Å². The van der Waals surface area contributed by atoms with Gasteiger partial charge in [-0.15, -0.1) is 0 Å². The van der Waals surface area contributed by atoms with Gasteiger partial charge < -0.3 is 19.9 Å². The van der Waals surface area contributed by atoms with Crippen LogP contribution in [0.15, 0.2) is 77.7 Å². The number of rotatable bonds is 6. The fourth-order valence-electron chi connectivity index (χ4n) is 4.24. The summed E-state index contributed by atoms with van der Waals surface area (Å²) in [5, 5.41) is 8.03. The van der Waals surface area contributed by atoms with Gasteiger partial charge >= 0.3 is 0 Å². The van der Waals surface area contributed by atoms with Gasteiger partial charge in [0.15, 0.2) is 5.50 Å². The van der Waals surface area contributed by atoms with Crippen molar-refractivity contribution >= 4 is 51.9 Å². The first-order chi connectivity index (χ1) is 16.5. The number of anilines is 1. The van der Waals surface area contributed by atoms with Crippen LogP contribution in [-0.2, 0) is 11.3 Å². The fourth-order valence-corrected chi connectivity index (χ4v) is 5.37. The maximum absolute atomic E-state index is 12.8. The Morgan fingerprint density at radius 1 is 1.12 bits per heavy atom. The van der Waals surface area contributed by atoms with E-state index >= 15 is 0 Å². The molecule has 0 saturated carbocycles. The van der Waals surface area contributed by atoms with E-state index in [1.807, 2.05) is 18.2 Å². The molecule has 0 radical (unpaired) electrons. The Bertz CT molecular complexity index is 1400. The molecule has 5 rings (SSSR count). The molecule has 4 aromatic rings. The number of carbonyl (C=O) groups excluding carboxylic acids is 1. The zero-order valence-corrected chi connectivity index (χ0v) is 20.4. The fraction of sp³-hybridized carbons (Fsp3) is 0.148. The van der Waals surface area contributed by atoms with E-state index in [1.54, 1.807) is 25.3 Å². The number of benzene rings is 3. The largest absolute Gasteiger partial charge is 0.495 e. The zero-order valence-electron chi connectivity index (χ0n) is 18.8. The van der Waals surface area contributed by atoms with E-state index in [-0.39, 0.29) is 11.4 Å². The first-order valence-corrected chi connectivity index (χ1v) is 12.2. The molecular weight excluding hydrogens is 466 g/mol. The van der Waals surface area contributed by atoms with Gasteiger partial charge in [-0.2, -0.15) is 0 Å². The molecule has 1 unspecified atom stereocenters. The summed E-state index contributed by atoms with van der Waals surface area (Å²) >= 11 is 7.60. The van der Waals surface area contributed by atoms with Gasteiger partial charge in [0, 0.05) is 33.7 Å². The number of nitrogens with one attached hydrogen (secondary N) is 2. The average Bonchev–Trinajstić information content (AvgIpc) is 3.32. The number of thioether (sulfide) groups is 1. The standard InChI is InChI=1S/C27H24ClN3O2S/c1-17-21(20-10-6-7-11-23(20)31(17)16-18-8-4-3-5-9-18)15-25-26(32)30-27(34-25)29-22-14-19(28)12-13-24(22)33-2/h3-15,27,29H,16H2,1-2H3,(H,30,32)/b25-15-. The Balaban J connectivity index is 1.46. The van der Waals surface area contributed by atoms with Gasteiger partial charge in [0.1, 0.15) is 5.75 Å². The number of ether oxygens (including phenoxy) is 1. The topological polar surface area (TPSA) is 55.3 Å². The highest BCUT2D eigenvalue weighted by Gasteiger charge is 2.28. The van der Waals surface area contributed by atoms with Crippen molar-refractivity contribution in [3.05, 3.63) is 99.5 Å². The monoisotopic (exact) mass is 489 g/mol. The average molecular weight is 490 g/mol. The van der Waals surface area contributed by atoms with Gasteiger partial charge in [-0.25, -0.2) is 0 Å². The Morgan fingerprint density at radius 3 is 2.68 bits per heavy atom. The van der Waals surface area contributed by atoms with E-state index < -0.39 is 0 Å². The van der Waals surface area contributed by atoms with Crippen LogP contribution in [0.25, 0.3) is 17.0 Å². The third-order valence-electron chi connectivity index (χ3n) is 5.92. The molecule has 0 bridgehead atoms. The van der Waals surface area contributed by atoms with Crippen LogP contribution in [0.5, 0.6) is 5.75 Å². The van der Waals surface area contributed by atoms with Gasteiger partial charge in [-0.05, 0) is 42.8 Å². The predicted molar refractivity (Wildman–Crippen MR) is 141 cm³/mol. The molecule has 1 saturated heterocycles. The maximum Gasteiger partial charge on any atom is 0.260 e. The van der Waals surface area contributed by atoms with E-state index in [0.29, 0.717) is 15.7 Å². The Kier molecular flexibility index (Phi) is 6.26. The predicted octanol–water partition coefficient (Wildman–Crippen LogP) is 6.26. The number of nitrogens with zero attached hydrogens (tertiary/aromatic N) is 1. The SMILES string of the molecule is COc1ccc(Cl)cc1NC1NC(=O)/C(=C/c2c(C)n(Cc3ccccc3)c3ccccc23)S1. The van der Waals surface area contributed by atoms with Crippen molar-refractivity contribution in [3.63, 3.8) is 0 Å². The molecule has 172 valence electrons. The summed E-state index contributed by atoms with van der Waals surface area (Å²) in [5.41, 5.74) is 4.97. The summed E-state index contributed by atoms with van der Waals surface area (Å²) in [6.45, 7) is 2.88. The van der Waals surface area contributed by atoms with Gasteiger partial charge in [0.25, 0.3) is 5.91 Å². The first kappa shape index (κ1) is 22.4. The summed E-state index contributed by atoms with van der Waals surface area (Å²) in [7, 11) is 1.61. The Morgan fingerprint density at radius 2 is 1.88 bits per heavy atom. The van der Waals surface area contributed by atoms with Crippen LogP contribution in [0, 0.1) is 6.92 Å². The van der Waals surface area contributed by atoms with Crippen LogP contribution >= 0.6 is 23.4 Å². The molecule has 5 nitrogen and oxygen atoms in total. The minimum atomic E-state index is -0.330. The highest BCUT2D eigenvalue weighted by atomic mass is 35.5. The summed E-state index contributed by atoms with van der Waals surface area (Å²) in [6.07, 6.45) is 2.00. The molecule has 34 heavy (non-hydrogen) atoms. The third-order valence-corrected chi connectivity index (χ3v) is 7.18. The number of hydrogen-bond donors (Lipinski definition) is 2. The number of fused-ring (bicyclic) bond motifs is 1. The Hall–Kier alpha value is -3.35. The van der Waals surface area contributed by atoms with Crippen LogP contribution in [-0.4, -0.2) is 23.1 Å². The second-order valence-electron chi connectivity index (χ2n) is 8.06. The van der Waals surface area contributed by atoms with E-state index in [9.17, 15) is 4.79 Å². The number of halogens is 1. The van der Waals surface area contributed by atoms with E-state index in [2.05, 4.69) is 64.6 Å². The van der Waals surface area contributed by atoms with Crippen molar-refractivity contribution in [3.8, 4) is 5.75 Å². The molecule has 1 aromatic heterocycles. The third kappa shape index (κ3) is 4.39. The Labute approximate surface area is 207 Å². The highest BCUT2D eigenvalue weighted by molar-refractivity contribution is 8.05. The van der Waals surface area contributed by atoms with Crippen molar-refractivity contribution in [2.75, 3.05) is 12.4 Å². The number of aromatic nitrogens is 1. The van der Waals surface area contributed by atoms with Crippen molar-refractivity contribution in [1.82, 2.24) is 9.88 Å². The molecule has 1 aliphatic rings. The minimum Gasteiger partial charge on any atom is -0.495 e. The van der Waals surface area contributed by atoms with Crippen molar-refractivity contribution in [2.45, 2.75) is 19.0 Å². The normalized spacial score (nSPS) is 16.7. The molecule has 2 heterocycles. The van der Waals surface area contributed by atoms with E-state index in [1.165, 1.54) is 17.3 Å². The summed E-state index contributed by atoms with van der Waals surface area (Å²) < 4.78 is 7.72. The van der Waals surface area contributed by atoms with Gasteiger partial charge in [-0.1, -0.05) is 71.9 Å². The summed E-state index contributed by atoms with van der Waals surface area (Å²) in [6, 6.07) is 24.1. The number of methoxy groups -OCH3 is 1. The number of amides is 1. The van der Waals surface area contributed by atoms with Gasteiger partial charge in [-0.3, -0.25) is 4.79 Å². The highest BCUT2D eigenvalue weighted by Crippen LogP contribution is 2.36. The zero-order chi connectivity index (χ0) is 23.7. The lowest BCUT2D eigenvalue weighted by Crippen LogP contribution is -2.31. The molecule has 1 fully saturated rings. The molecule has 7 heteroatoms.